The van der Waals surface area contributed by atoms with Crippen LogP contribution in [0.4, 0.5) is 0 Å². The third-order valence-corrected chi connectivity index (χ3v) is 2.79. The molecule has 1 N–H and O–H groups in total. The molecule has 1 rings (SSSR count). The van der Waals surface area contributed by atoms with E-state index in [-0.39, 0.29) is 6.04 Å². The number of aliphatic hydroxyl groups excluding tert-OH is 1. The number of likely N-dealkylation sites (tertiary alicyclic amines) is 1. The Bertz CT molecular complexity index is 204. The van der Waals surface area contributed by atoms with Gasteiger partial charge in [0, 0.05) is 6.04 Å². The first-order valence-corrected chi connectivity index (χ1v) is 5.16. The molecule has 0 bridgehead atoms. The van der Waals surface area contributed by atoms with Gasteiger partial charge in [0.15, 0.2) is 0 Å². The van der Waals surface area contributed by atoms with Crippen LogP contribution in [0.3, 0.4) is 0 Å². The Balaban J connectivity index is 2.74. The van der Waals surface area contributed by atoms with Crippen molar-refractivity contribution in [2.75, 3.05) is 6.54 Å². The van der Waals surface area contributed by atoms with Gasteiger partial charge in [-0.2, -0.15) is 0 Å². The van der Waals surface area contributed by atoms with Crippen molar-refractivity contribution in [3.63, 3.8) is 0 Å². The van der Waals surface area contributed by atoms with Crippen LogP contribution in [0.1, 0.15) is 40.5 Å². The molecule has 1 aliphatic heterocycles. The Morgan fingerprint density at radius 1 is 1.38 bits per heavy atom. The van der Waals surface area contributed by atoms with Crippen LogP contribution < -0.4 is 0 Å². The van der Waals surface area contributed by atoms with Crippen molar-refractivity contribution in [2.45, 2.75) is 52.6 Å². The van der Waals surface area contributed by atoms with Crippen molar-refractivity contribution in [2.24, 2.45) is 0 Å². The fourth-order valence-electron chi connectivity index (χ4n) is 2.03. The highest BCUT2D eigenvalue weighted by Crippen LogP contribution is 2.25. The fourth-order valence-corrected chi connectivity index (χ4v) is 2.03. The zero-order valence-corrected chi connectivity index (χ0v) is 9.17. The first-order chi connectivity index (χ1) is 6.04. The summed E-state index contributed by atoms with van der Waals surface area (Å²) in [6.07, 6.45) is 2.31. The van der Waals surface area contributed by atoms with Crippen LogP contribution in [0.15, 0.2) is 11.3 Å². The molecule has 1 fully saturated rings. The molecule has 2 nitrogen and oxygen atoms in total. The third kappa shape index (κ3) is 2.25. The van der Waals surface area contributed by atoms with Crippen molar-refractivity contribution in [3.05, 3.63) is 11.3 Å². The molecule has 0 aliphatic carbocycles. The van der Waals surface area contributed by atoms with Gasteiger partial charge in [0.25, 0.3) is 0 Å². The summed E-state index contributed by atoms with van der Waals surface area (Å²) in [5, 5.41) is 9.88. The van der Waals surface area contributed by atoms with Gasteiger partial charge in [0.1, 0.15) is 5.76 Å². The topological polar surface area (TPSA) is 23.5 Å². The number of aliphatic hydroxyl groups is 1. The maximum atomic E-state index is 9.88. The van der Waals surface area contributed by atoms with Gasteiger partial charge in [0.2, 0.25) is 0 Å². The van der Waals surface area contributed by atoms with Crippen LogP contribution in [0.25, 0.3) is 0 Å². The standard InChI is InChI=1S/C11H21NO/c1-8(2)11(13)10-6-5-7-12(10)9(3)4/h9-10,13H,5-7H2,1-4H3. The Kier molecular flexibility index (Phi) is 3.37. The second-order valence-electron chi connectivity index (χ2n) is 4.37. The predicted octanol–water partition coefficient (Wildman–Crippen LogP) is 2.71. The quantitative estimate of drug-likeness (QED) is 0.665. The van der Waals surface area contributed by atoms with Gasteiger partial charge < -0.3 is 5.11 Å². The summed E-state index contributed by atoms with van der Waals surface area (Å²) >= 11 is 0. The number of hydrogen-bond acceptors (Lipinski definition) is 2. The normalized spacial score (nSPS) is 23.9. The first-order valence-electron chi connectivity index (χ1n) is 5.16. The van der Waals surface area contributed by atoms with Gasteiger partial charge in [-0.3, -0.25) is 4.90 Å². The summed E-state index contributed by atoms with van der Waals surface area (Å²) in [5.74, 6) is 0.589. The van der Waals surface area contributed by atoms with E-state index in [9.17, 15) is 5.11 Å². The van der Waals surface area contributed by atoms with Crippen molar-refractivity contribution in [1.29, 1.82) is 0 Å². The average Bonchev–Trinajstić information content (AvgIpc) is 2.50. The van der Waals surface area contributed by atoms with Gasteiger partial charge in [-0.05, 0) is 52.7 Å². The third-order valence-electron chi connectivity index (χ3n) is 2.79. The van der Waals surface area contributed by atoms with Crippen LogP contribution in [0.2, 0.25) is 0 Å². The zero-order chi connectivity index (χ0) is 10.0. The molecule has 2 heteroatoms. The van der Waals surface area contributed by atoms with Gasteiger partial charge in [-0.1, -0.05) is 0 Å². The molecule has 0 radical (unpaired) electrons. The van der Waals surface area contributed by atoms with E-state index in [1.54, 1.807) is 0 Å². The average molecular weight is 183 g/mol. The number of allylic oxidation sites excluding steroid dienone is 1. The van der Waals surface area contributed by atoms with Gasteiger partial charge in [0.05, 0.1) is 6.04 Å². The van der Waals surface area contributed by atoms with Crippen molar-refractivity contribution in [3.8, 4) is 0 Å². The van der Waals surface area contributed by atoms with E-state index in [0.29, 0.717) is 11.8 Å². The number of nitrogens with zero attached hydrogens (tertiary/aromatic N) is 1. The second kappa shape index (κ2) is 4.14. The lowest BCUT2D eigenvalue weighted by Crippen LogP contribution is -2.36. The number of rotatable bonds is 2. The SMILES string of the molecule is CC(C)=C(O)C1CCCN1C(C)C. The molecule has 1 saturated heterocycles. The monoisotopic (exact) mass is 183 g/mol. The molecular formula is C11H21NO. The molecule has 13 heavy (non-hydrogen) atoms. The molecule has 0 aromatic heterocycles. The minimum absolute atomic E-state index is 0.282. The van der Waals surface area contributed by atoms with E-state index in [4.69, 9.17) is 0 Å². The lowest BCUT2D eigenvalue weighted by atomic mass is 10.1. The maximum absolute atomic E-state index is 9.88. The summed E-state index contributed by atoms with van der Waals surface area (Å²) in [6.45, 7) is 9.46. The molecule has 0 aromatic rings. The molecular weight excluding hydrogens is 162 g/mol. The van der Waals surface area contributed by atoms with Crippen LogP contribution in [0, 0.1) is 0 Å². The van der Waals surface area contributed by atoms with E-state index in [2.05, 4.69) is 18.7 Å². The summed E-state index contributed by atoms with van der Waals surface area (Å²) < 4.78 is 0. The zero-order valence-electron chi connectivity index (χ0n) is 9.17. The first kappa shape index (κ1) is 10.6. The van der Waals surface area contributed by atoms with Crippen molar-refractivity contribution in [1.82, 2.24) is 4.90 Å². The Morgan fingerprint density at radius 2 is 2.00 bits per heavy atom. The van der Waals surface area contributed by atoms with Crippen molar-refractivity contribution < 1.29 is 5.11 Å². The molecule has 1 aliphatic rings. The Labute approximate surface area is 81.2 Å². The summed E-state index contributed by atoms with van der Waals surface area (Å²) in [6, 6.07) is 0.819. The largest absolute Gasteiger partial charge is 0.511 e. The Hall–Kier alpha value is -0.500. The maximum Gasteiger partial charge on any atom is 0.108 e. The lowest BCUT2D eigenvalue weighted by Gasteiger charge is -2.28. The minimum atomic E-state index is 0.282. The van der Waals surface area contributed by atoms with Gasteiger partial charge >= 0.3 is 0 Å². The molecule has 0 aromatic carbocycles. The molecule has 1 unspecified atom stereocenters. The summed E-state index contributed by atoms with van der Waals surface area (Å²) in [4.78, 5) is 2.38. The lowest BCUT2D eigenvalue weighted by molar-refractivity contribution is 0.181. The second-order valence-corrected chi connectivity index (χ2v) is 4.37. The van der Waals surface area contributed by atoms with Crippen LogP contribution in [-0.2, 0) is 0 Å². The van der Waals surface area contributed by atoms with E-state index < -0.39 is 0 Å². The van der Waals surface area contributed by atoms with Crippen LogP contribution in [0.5, 0.6) is 0 Å². The van der Waals surface area contributed by atoms with Crippen LogP contribution in [-0.4, -0.2) is 28.6 Å². The van der Waals surface area contributed by atoms with Crippen LogP contribution >= 0.6 is 0 Å². The molecule has 0 amide bonds. The van der Waals surface area contributed by atoms with E-state index in [1.165, 1.54) is 6.42 Å². The molecule has 0 saturated carbocycles. The molecule has 1 heterocycles. The van der Waals surface area contributed by atoms with E-state index in [1.807, 2.05) is 13.8 Å². The summed E-state index contributed by atoms with van der Waals surface area (Å²) in [7, 11) is 0. The van der Waals surface area contributed by atoms with Gasteiger partial charge in [-0.25, -0.2) is 0 Å². The minimum Gasteiger partial charge on any atom is -0.511 e. The highest BCUT2D eigenvalue weighted by Gasteiger charge is 2.29. The molecule has 76 valence electrons. The number of hydrogen-bond donors (Lipinski definition) is 1. The molecule has 0 spiro atoms. The van der Waals surface area contributed by atoms with E-state index >= 15 is 0 Å². The predicted molar refractivity (Wildman–Crippen MR) is 55.9 cm³/mol. The fraction of sp³-hybridized carbons (Fsp3) is 0.818. The Morgan fingerprint density at radius 3 is 2.46 bits per heavy atom. The highest BCUT2D eigenvalue weighted by atomic mass is 16.3. The van der Waals surface area contributed by atoms with Gasteiger partial charge in [-0.15, -0.1) is 0 Å². The van der Waals surface area contributed by atoms with E-state index in [0.717, 1.165) is 18.5 Å². The highest BCUT2D eigenvalue weighted by molar-refractivity contribution is 5.11. The molecule has 1 atom stereocenters. The smallest absolute Gasteiger partial charge is 0.108 e. The van der Waals surface area contributed by atoms with Crippen molar-refractivity contribution >= 4 is 0 Å². The summed E-state index contributed by atoms with van der Waals surface area (Å²) in [5.41, 5.74) is 1.05.